The molecular formula is C8H13NOS2. The monoisotopic (exact) mass is 203 g/mol. The summed E-state index contributed by atoms with van der Waals surface area (Å²) in [4.78, 5) is 10.8. The minimum absolute atomic E-state index is 0.0637. The van der Waals surface area contributed by atoms with Crippen LogP contribution < -0.4 is 5.32 Å². The van der Waals surface area contributed by atoms with Crippen molar-refractivity contribution in [2.75, 3.05) is 23.8 Å². The van der Waals surface area contributed by atoms with Gasteiger partial charge in [-0.2, -0.15) is 23.5 Å². The molecule has 0 aromatic rings. The van der Waals surface area contributed by atoms with E-state index in [1.165, 1.54) is 17.6 Å². The summed E-state index contributed by atoms with van der Waals surface area (Å²) in [5.74, 6) is 3.55. The second-order valence-electron chi connectivity index (χ2n) is 2.52. The van der Waals surface area contributed by atoms with Gasteiger partial charge in [0.05, 0.1) is 0 Å². The highest BCUT2D eigenvalue weighted by Crippen LogP contribution is 2.23. The van der Waals surface area contributed by atoms with Crippen molar-refractivity contribution in [1.82, 2.24) is 5.32 Å². The maximum atomic E-state index is 10.8. The summed E-state index contributed by atoms with van der Waals surface area (Å²) in [6.07, 6.45) is 1.32. The van der Waals surface area contributed by atoms with Crippen molar-refractivity contribution in [1.29, 1.82) is 0 Å². The van der Waals surface area contributed by atoms with Gasteiger partial charge in [-0.25, -0.2) is 0 Å². The van der Waals surface area contributed by atoms with Gasteiger partial charge in [0.1, 0.15) is 0 Å². The van der Waals surface area contributed by atoms with Crippen molar-refractivity contribution in [2.24, 2.45) is 0 Å². The number of hydrogen-bond donors (Lipinski definition) is 1. The summed E-state index contributed by atoms with van der Waals surface area (Å²) < 4.78 is 0. The predicted molar refractivity (Wildman–Crippen MR) is 56.8 cm³/mol. The van der Waals surface area contributed by atoms with E-state index in [-0.39, 0.29) is 5.91 Å². The molecule has 12 heavy (non-hydrogen) atoms. The SMILES string of the molecule is C=CC(=O)NCC1CSCCS1. The highest BCUT2D eigenvalue weighted by Gasteiger charge is 2.13. The van der Waals surface area contributed by atoms with Crippen LogP contribution in [0.15, 0.2) is 12.7 Å². The van der Waals surface area contributed by atoms with E-state index in [1.807, 2.05) is 23.5 Å². The molecule has 0 aromatic heterocycles. The normalized spacial score (nSPS) is 23.2. The Kier molecular flexibility index (Phi) is 4.61. The fourth-order valence-electron chi connectivity index (χ4n) is 0.941. The third-order valence-electron chi connectivity index (χ3n) is 1.57. The van der Waals surface area contributed by atoms with Crippen LogP contribution in [0.2, 0.25) is 0 Å². The van der Waals surface area contributed by atoms with Gasteiger partial charge in [0, 0.05) is 29.1 Å². The van der Waals surface area contributed by atoms with E-state index in [1.54, 1.807) is 0 Å². The molecule has 1 heterocycles. The lowest BCUT2D eigenvalue weighted by molar-refractivity contribution is -0.116. The van der Waals surface area contributed by atoms with Crippen molar-refractivity contribution in [2.45, 2.75) is 5.25 Å². The smallest absolute Gasteiger partial charge is 0.243 e. The zero-order chi connectivity index (χ0) is 8.81. The molecule has 1 saturated heterocycles. The van der Waals surface area contributed by atoms with E-state index < -0.39 is 0 Å². The van der Waals surface area contributed by atoms with Crippen molar-refractivity contribution in [3.63, 3.8) is 0 Å². The first-order valence-electron chi connectivity index (χ1n) is 3.92. The number of nitrogens with one attached hydrogen (secondary N) is 1. The molecule has 1 amide bonds. The number of thioether (sulfide) groups is 2. The average Bonchev–Trinajstić information content (AvgIpc) is 2.16. The molecule has 0 bridgehead atoms. The standard InChI is InChI=1S/C8H13NOS2/c1-2-8(10)9-5-7-6-11-3-4-12-7/h2,7H,1,3-6H2,(H,9,10). The molecule has 1 unspecified atom stereocenters. The number of carbonyl (C=O) groups excluding carboxylic acids is 1. The minimum atomic E-state index is -0.0637. The van der Waals surface area contributed by atoms with Gasteiger partial charge in [-0.3, -0.25) is 4.79 Å². The van der Waals surface area contributed by atoms with Crippen LogP contribution in [-0.4, -0.2) is 35.0 Å². The highest BCUT2D eigenvalue weighted by atomic mass is 32.2. The van der Waals surface area contributed by atoms with Crippen molar-refractivity contribution in [3.8, 4) is 0 Å². The zero-order valence-corrected chi connectivity index (χ0v) is 8.55. The van der Waals surface area contributed by atoms with Crippen molar-refractivity contribution < 1.29 is 4.79 Å². The van der Waals surface area contributed by atoms with E-state index in [0.717, 1.165) is 12.3 Å². The van der Waals surface area contributed by atoms with Crippen LogP contribution in [0.1, 0.15) is 0 Å². The molecule has 1 rings (SSSR count). The molecule has 1 fully saturated rings. The second kappa shape index (κ2) is 5.54. The van der Waals surface area contributed by atoms with Crippen molar-refractivity contribution >= 4 is 29.4 Å². The van der Waals surface area contributed by atoms with E-state index >= 15 is 0 Å². The Morgan fingerprint density at radius 2 is 2.50 bits per heavy atom. The van der Waals surface area contributed by atoms with Crippen LogP contribution in [0.4, 0.5) is 0 Å². The highest BCUT2D eigenvalue weighted by molar-refractivity contribution is 8.06. The number of hydrogen-bond acceptors (Lipinski definition) is 3. The van der Waals surface area contributed by atoms with Gasteiger partial charge in [0.15, 0.2) is 0 Å². The fourth-order valence-corrected chi connectivity index (χ4v) is 3.55. The van der Waals surface area contributed by atoms with Gasteiger partial charge >= 0.3 is 0 Å². The maximum Gasteiger partial charge on any atom is 0.243 e. The van der Waals surface area contributed by atoms with Crippen LogP contribution in [0.25, 0.3) is 0 Å². The Labute approximate surface area is 81.6 Å². The van der Waals surface area contributed by atoms with Crippen LogP contribution in [0.5, 0.6) is 0 Å². The minimum Gasteiger partial charge on any atom is -0.351 e. The molecule has 4 heteroatoms. The van der Waals surface area contributed by atoms with Gasteiger partial charge in [-0.1, -0.05) is 6.58 Å². The Morgan fingerprint density at radius 3 is 3.08 bits per heavy atom. The van der Waals surface area contributed by atoms with Crippen LogP contribution >= 0.6 is 23.5 Å². The third-order valence-corrected chi connectivity index (χ3v) is 4.42. The average molecular weight is 203 g/mol. The first-order valence-corrected chi connectivity index (χ1v) is 6.13. The van der Waals surface area contributed by atoms with E-state index in [4.69, 9.17) is 0 Å². The van der Waals surface area contributed by atoms with Crippen LogP contribution in [-0.2, 0) is 4.79 Å². The third kappa shape index (κ3) is 3.54. The fraction of sp³-hybridized carbons (Fsp3) is 0.625. The number of amides is 1. The Hall–Kier alpha value is -0.0900. The second-order valence-corrected chi connectivity index (χ2v) is 5.08. The molecule has 0 aliphatic carbocycles. The summed E-state index contributed by atoms with van der Waals surface area (Å²) in [6.45, 7) is 4.18. The summed E-state index contributed by atoms with van der Waals surface area (Å²) in [7, 11) is 0. The quantitative estimate of drug-likeness (QED) is 0.697. The maximum absolute atomic E-state index is 10.8. The van der Waals surface area contributed by atoms with Gasteiger partial charge < -0.3 is 5.32 Å². The summed E-state index contributed by atoms with van der Waals surface area (Å²) in [5.41, 5.74) is 0. The van der Waals surface area contributed by atoms with Crippen LogP contribution in [0, 0.1) is 0 Å². The van der Waals surface area contributed by atoms with Gasteiger partial charge in [0.25, 0.3) is 0 Å². The Morgan fingerprint density at radius 1 is 1.67 bits per heavy atom. The van der Waals surface area contributed by atoms with Gasteiger partial charge in [-0.15, -0.1) is 0 Å². The molecule has 1 N–H and O–H groups in total. The molecular weight excluding hydrogens is 190 g/mol. The molecule has 0 aromatic carbocycles. The van der Waals surface area contributed by atoms with Gasteiger partial charge in [-0.05, 0) is 6.08 Å². The molecule has 2 nitrogen and oxygen atoms in total. The van der Waals surface area contributed by atoms with Crippen LogP contribution in [0.3, 0.4) is 0 Å². The zero-order valence-electron chi connectivity index (χ0n) is 6.91. The Balaban J connectivity index is 2.12. The lowest BCUT2D eigenvalue weighted by atomic mass is 10.4. The molecule has 68 valence electrons. The van der Waals surface area contributed by atoms with Gasteiger partial charge in [0.2, 0.25) is 5.91 Å². The topological polar surface area (TPSA) is 29.1 Å². The molecule has 1 atom stereocenters. The first kappa shape index (κ1) is 9.99. The summed E-state index contributed by atoms with van der Waals surface area (Å²) in [5, 5.41) is 3.40. The molecule has 0 radical (unpaired) electrons. The van der Waals surface area contributed by atoms with E-state index in [0.29, 0.717) is 5.25 Å². The number of rotatable bonds is 3. The van der Waals surface area contributed by atoms with Crippen molar-refractivity contribution in [3.05, 3.63) is 12.7 Å². The first-order chi connectivity index (χ1) is 5.83. The lowest BCUT2D eigenvalue weighted by Gasteiger charge is -2.20. The summed E-state index contributed by atoms with van der Waals surface area (Å²) >= 11 is 3.91. The molecule has 1 aliphatic heterocycles. The largest absolute Gasteiger partial charge is 0.351 e. The number of carbonyl (C=O) groups is 1. The molecule has 0 saturated carbocycles. The molecule has 1 aliphatic rings. The molecule has 0 spiro atoms. The summed E-state index contributed by atoms with van der Waals surface area (Å²) in [6, 6.07) is 0. The Bertz CT molecular complexity index is 166. The van der Waals surface area contributed by atoms with E-state index in [2.05, 4.69) is 11.9 Å². The van der Waals surface area contributed by atoms with E-state index in [9.17, 15) is 4.79 Å². The lowest BCUT2D eigenvalue weighted by Crippen LogP contribution is -2.32. The predicted octanol–water partition coefficient (Wildman–Crippen LogP) is 1.14.